The summed E-state index contributed by atoms with van der Waals surface area (Å²) in [5.74, 6) is 0.235. The molecule has 1 atom stereocenters. The number of carbonyl (C=O) groups excluding carboxylic acids is 2. The largest absolute Gasteiger partial charge is 0.339 e. The van der Waals surface area contributed by atoms with Gasteiger partial charge in [-0.25, -0.2) is 4.68 Å². The topological polar surface area (TPSA) is 92.0 Å². The van der Waals surface area contributed by atoms with Gasteiger partial charge in [-0.2, -0.15) is 10.2 Å². The second kappa shape index (κ2) is 4.87. The number of anilines is 1. The number of rotatable bonds is 2. The molecule has 0 spiro atoms. The molecule has 0 aliphatic carbocycles. The van der Waals surface area contributed by atoms with Crippen molar-refractivity contribution in [2.75, 3.05) is 11.9 Å². The van der Waals surface area contributed by atoms with Crippen LogP contribution in [0.3, 0.4) is 0 Å². The molecule has 1 aromatic heterocycles. The van der Waals surface area contributed by atoms with E-state index in [1.807, 2.05) is 0 Å². The van der Waals surface area contributed by atoms with Gasteiger partial charge in [0.25, 0.3) is 11.8 Å². The molecular formula is C12H14N6O2. The van der Waals surface area contributed by atoms with E-state index in [1.165, 1.54) is 4.90 Å². The molecule has 3 rings (SSSR count). The molecule has 0 unspecified atom stereocenters. The van der Waals surface area contributed by atoms with Gasteiger partial charge in [-0.15, -0.1) is 5.10 Å². The van der Waals surface area contributed by atoms with Gasteiger partial charge in [-0.3, -0.25) is 14.5 Å². The Morgan fingerprint density at radius 3 is 3.10 bits per heavy atom. The third-order valence-electron chi connectivity index (χ3n) is 3.41. The molecule has 8 nitrogen and oxygen atoms in total. The van der Waals surface area contributed by atoms with Crippen LogP contribution in [-0.4, -0.2) is 46.6 Å². The Kier molecular flexibility index (Phi) is 3.05. The average Bonchev–Trinajstić information content (AvgIpc) is 3.10. The summed E-state index contributed by atoms with van der Waals surface area (Å²) < 4.78 is 1.75. The Balaban J connectivity index is 1.74. The van der Waals surface area contributed by atoms with Crippen LogP contribution in [0.5, 0.6) is 0 Å². The zero-order valence-electron chi connectivity index (χ0n) is 11.0. The Labute approximate surface area is 115 Å². The van der Waals surface area contributed by atoms with Crippen LogP contribution in [0.4, 0.5) is 5.82 Å². The third-order valence-corrected chi connectivity index (χ3v) is 3.41. The quantitative estimate of drug-likeness (QED) is 0.792. The molecule has 2 aliphatic heterocycles. The maximum absolute atomic E-state index is 12.4. The highest BCUT2D eigenvalue weighted by Gasteiger charge is 2.30. The highest BCUT2D eigenvalue weighted by atomic mass is 16.2. The fraction of sp³-hybridized carbons (Fsp3) is 0.417. The van der Waals surface area contributed by atoms with Crippen molar-refractivity contribution in [2.45, 2.75) is 25.4 Å². The molecule has 1 N–H and O–H groups in total. The fourth-order valence-corrected chi connectivity index (χ4v) is 2.30. The Bertz CT molecular complexity index is 617. The molecule has 0 bridgehead atoms. The molecule has 20 heavy (non-hydrogen) atoms. The number of amides is 2. The molecule has 3 heterocycles. The number of nitrogens with one attached hydrogen (secondary N) is 1. The SMILES string of the molecule is CN1C(=O)[C@@H](NC(=O)C2=NN=CC2)CCn2nccc21. The van der Waals surface area contributed by atoms with E-state index in [-0.39, 0.29) is 11.8 Å². The monoisotopic (exact) mass is 274 g/mol. The van der Waals surface area contributed by atoms with Crippen molar-refractivity contribution in [1.29, 1.82) is 0 Å². The van der Waals surface area contributed by atoms with Gasteiger partial charge in [-0.1, -0.05) is 0 Å². The van der Waals surface area contributed by atoms with Gasteiger partial charge in [-0.05, 0) is 6.42 Å². The van der Waals surface area contributed by atoms with Crippen molar-refractivity contribution in [3.05, 3.63) is 12.3 Å². The minimum Gasteiger partial charge on any atom is -0.339 e. The lowest BCUT2D eigenvalue weighted by atomic mass is 10.1. The number of aromatic nitrogens is 2. The smallest absolute Gasteiger partial charge is 0.268 e. The molecule has 0 fully saturated rings. The first-order valence-electron chi connectivity index (χ1n) is 6.35. The molecular weight excluding hydrogens is 260 g/mol. The third kappa shape index (κ3) is 2.09. The molecule has 1 aromatic rings. The number of likely N-dealkylation sites (N-methyl/N-ethyl adjacent to an activating group) is 1. The van der Waals surface area contributed by atoms with Crippen LogP contribution >= 0.6 is 0 Å². The van der Waals surface area contributed by atoms with Crippen LogP contribution in [0.2, 0.25) is 0 Å². The summed E-state index contributed by atoms with van der Waals surface area (Å²) in [5, 5.41) is 14.3. The van der Waals surface area contributed by atoms with Crippen molar-refractivity contribution in [1.82, 2.24) is 15.1 Å². The van der Waals surface area contributed by atoms with Crippen molar-refractivity contribution in [3.63, 3.8) is 0 Å². The van der Waals surface area contributed by atoms with E-state index in [0.717, 1.165) is 5.82 Å². The van der Waals surface area contributed by atoms with E-state index >= 15 is 0 Å². The van der Waals surface area contributed by atoms with Gasteiger partial charge >= 0.3 is 0 Å². The summed E-state index contributed by atoms with van der Waals surface area (Å²) in [5.41, 5.74) is 0.336. The van der Waals surface area contributed by atoms with Crippen LogP contribution in [0, 0.1) is 0 Å². The minimum absolute atomic E-state index is 0.155. The van der Waals surface area contributed by atoms with Crippen LogP contribution in [0.1, 0.15) is 12.8 Å². The summed E-state index contributed by atoms with van der Waals surface area (Å²) in [4.78, 5) is 25.8. The summed E-state index contributed by atoms with van der Waals surface area (Å²) in [6.07, 6.45) is 4.12. The molecule has 8 heteroatoms. The van der Waals surface area contributed by atoms with Crippen molar-refractivity contribution in [3.8, 4) is 0 Å². The van der Waals surface area contributed by atoms with E-state index in [1.54, 1.807) is 30.2 Å². The fourth-order valence-electron chi connectivity index (χ4n) is 2.30. The minimum atomic E-state index is -0.572. The lowest BCUT2D eigenvalue weighted by Crippen LogP contribution is -2.48. The second-order valence-corrected chi connectivity index (χ2v) is 4.67. The molecule has 104 valence electrons. The zero-order valence-corrected chi connectivity index (χ0v) is 11.0. The number of hydrogen-bond acceptors (Lipinski definition) is 5. The van der Waals surface area contributed by atoms with E-state index in [9.17, 15) is 9.59 Å². The summed E-state index contributed by atoms with van der Waals surface area (Å²) >= 11 is 0. The Hall–Kier alpha value is -2.51. The van der Waals surface area contributed by atoms with Crippen LogP contribution in [0.25, 0.3) is 0 Å². The van der Waals surface area contributed by atoms with E-state index in [4.69, 9.17) is 0 Å². The maximum Gasteiger partial charge on any atom is 0.268 e. The van der Waals surface area contributed by atoms with Gasteiger partial charge in [0.1, 0.15) is 17.6 Å². The lowest BCUT2D eigenvalue weighted by molar-refractivity contribution is -0.124. The van der Waals surface area contributed by atoms with E-state index < -0.39 is 6.04 Å². The predicted molar refractivity (Wildman–Crippen MR) is 72.7 cm³/mol. The van der Waals surface area contributed by atoms with Gasteiger partial charge in [0.15, 0.2) is 0 Å². The molecule has 0 aromatic carbocycles. The summed E-state index contributed by atoms with van der Waals surface area (Å²) in [7, 11) is 1.68. The van der Waals surface area contributed by atoms with Crippen molar-refractivity contribution < 1.29 is 9.59 Å². The first-order valence-corrected chi connectivity index (χ1v) is 6.35. The summed E-state index contributed by atoms with van der Waals surface area (Å²) in [6.45, 7) is 0.576. The lowest BCUT2D eigenvalue weighted by Gasteiger charge is -2.20. The first kappa shape index (κ1) is 12.5. The van der Waals surface area contributed by atoms with Crippen LogP contribution in [0.15, 0.2) is 22.5 Å². The van der Waals surface area contributed by atoms with Crippen LogP contribution in [-0.2, 0) is 16.1 Å². The molecule has 0 saturated heterocycles. The van der Waals surface area contributed by atoms with Crippen LogP contribution < -0.4 is 10.2 Å². The van der Waals surface area contributed by atoms with Gasteiger partial charge in [0.05, 0.1) is 6.20 Å². The zero-order chi connectivity index (χ0) is 14.1. The molecule has 2 amide bonds. The molecule has 0 radical (unpaired) electrons. The molecule has 2 aliphatic rings. The number of fused-ring (bicyclic) bond motifs is 1. The maximum atomic E-state index is 12.4. The van der Waals surface area contributed by atoms with E-state index in [0.29, 0.717) is 25.1 Å². The number of nitrogens with zero attached hydrogens (tertiary/aromatic N) is 5. The standard InChI is InChI=1S/C12H14N6O2/c1-17-10-3-6-14-18(10)7-4-9(12(17)20)15-11(19)8-2-5-13-16-8/h3,5-6,9H,2,4,7H2,1H3,(H,15,19)/t9-/m0/s1. The van der Waals surface area contributed by atoms with Crippen molar-refractivity contribution >= 4 is 29.6 Å². The average molecular weight is 274 g/mol. The summed E-state index contributed by atoms with van der Waals surface area (Å²) in [6, 6.07) is 1.20. The second-order valence-electron chi connectivity index (χ2n) is 4.67. The van der Waals surface area contributed by atoms with Gasteiger partial charge in [0, 0.05) is 32.3 Å². The van der Waals surface area contributed by atoms with E-state index in [2.05, 4.69) is 20.6 Å². The normalized spacial score (nSPS) is 21.4. The number of carbonyl (C=O) groups is 2. The Morgan fingerprint density at radius 2 is 2.35 bits per heavy atom. The molecule has 0 saturated carbocycles. The van der Waals surface area contributed by atoms with Gasteiger partial charge in [0.2, 0.25) is 0 Å². The van der Waals surface area contributed by atoms with Crippen molar-refractivity contribution in [2.24, 2.45) is 10.2 Å². The highest BCUT2D eigenvalue weighted by Crippen LogP contribution is 2.18. The Morgan fingerprint density at radius 1 is 1.50 bits per heavy atom. The van der Waals surface area contributed by atoms with Gasteiger partial charge < -0.3 is 5.32 Å². The number of hydrogen-bond donors (Lipinski definition) is 1. The number of aryl methyl sites for hydroxylation is 1. The first-order chi connectivity index (χ1) is 9.66. The highest BCUT2D eigenvalue weighted by molar-refractivity contribution is 6.42. The predicted octanol–water partition coefficient (Wildman–Crippen LogP) is -0.435.